The second-order valence-electron chi connectivity index (χ2n) is 5.15. The molecular weight excluding hydrogens is 362 g/mol. The van der Waals surface area contributed by atoms with Gasteiger partial charge in [-0.2, -0.15) is 0 Å². The van der Waals surface area contributed by atoms with Gasteiger partial charge in [-0.15, -0.1) is 0 Å². The highest BCUT2D eigenvalue weighted by Crippen LogP contribution is 2.56. The Morgan fingerprint density at radius 3 is 2.83 bits per heavy atom. The lowest BCUT2D eigenvalue weighted by Gasteiger charge is -2.14. The van der Waals surface area contributed by atoms with E-state index in [-0.39, 0.29) is 12.5 Å². The van der Waals surface area contributed by atoms with E-state index in [1.54, 1.807) is 17.6 Å². The topological polar surface area (TPSA) is 85.5 Å². The maximum absolute atomic E-state index is 11.3. The van der Waals surface area contributed by atoms with Crippen LogP contribution in [0.25, 0.3) is 11.2 Å². The van der Waals surface area contributed by atoms with Crippen LogP contribution >= 0.6 is 28.3 Å². The van der Waals surface area contributed by atoms with E-state index >= 15 is 0 Å². The van der Waals surface area contributed by atoms with Crippen molar-refractivity contribution < 1.29 is 9.30 Å². The summed E-state index contributed by atoms with van der Waals surface area (Å²) in [5.74, 6) is -2.75. The fourth-order valence-electron chi connectivity index (χ4n) is 1.81. The molecule has 2 aromatic rings. The maximum atomic E-state index is 11.3. The minimum absolute atomic E-state index is 0.197. The van der Waals surface area contributed by atoms with Gasteiger partial charge in [-0.05, 0) is 29.4 Å². The van der Waals surface area contributed by atoms with Crippen molar-refractivity contribution >= 4 is 51.6 Å². The monoisotopic (exact) mass is 378 g/mol. The molecule has 0 saturated carbocycles. The Bertz CT molecular complexity index is 744. The highest BCUT2D eigenvalue weighted by atomic mass is 35.9. The molecule has 0 saturated heterocycles. The van der Waals surface area contributed by atoms with Gasteiger partial charge in [0.05, 0.1) is 25.3 Å². The molecule has 126 valence electrons. The Hall–Kier alpha value is -1.21. The standard InChI is InChI=1S/C12H17Cl2N6O2P/c1-9(22-8-23(13,14)21)4-20-7-17-10-11(18-6-19(2)3)15-5-16-12(10)20/h5-7,9H,4,8H2,1-3H3/b18-6+/t9-/m1/s1. The lowest BCUT2D eigenvalue weighted by Crippen LogP contribution is -2.16. The van der Waals surface area contributed by atoms with Crippen LogP contribution in [0.5, 0.6) is 0 Å². The molecule has 0 amide bonds. The van der Waals surface area contributed by atoms with Crippen molar-refractivity contribution in [1.29, 1.82) is 0 Å². The van der Waals surface area contributed by atoms with E-state index in [2.05, 4.69) is 19.9 Å². The number of hydrogen-bond donors (Lipinski definition) is 0. The van der Waals surface area contributed by atoms with Gasteiger partial charge in [-0.25, -0.2) is 19.9 Å². The first kappa shape index (κ1) is 18.1. The van der Waals surface area contributed by atoms with Crippen LogP contribution in [0.3, 0.4) is 0 Å². The van der Waals surface area contributed by atoms with Gasteiger partial charge in [0.2, 0.25) is 0 Å². The molecule has 0 radical (unpaired) electrons. The summed E-state index contributed by atoms with van der Waals surface area (Å²) < 4.78 is 18.4. The maximum Gasteiger partial charge on any atom is 0.277 e. The third kappa shape index (κ3) is 5.42. The first-order valence-electron chi connectivity index (χ1n) is 6.72. The molecule has 11 heteroatoms. The summed E-state index contributed by atoms with van der Waals surface area (Å²) >= 11 is 10.9. The number of imidazole rings is 1. The molecule has 2 heterocycles. The van der Waals surface area contributed by atoms with Gasteiger partial charge >= 0.3 is 0 Å². The van der Waals surface area contributed by atoms with E-state index in [4.69, 9.17) is 27.2 Å². The van der Waals surface area contributed by atoms with Gasteiger partial charge in [-0.1, -0.05) is 0 Å². The van der Waals surface area contributed by atoms with E-state index in [0.29, 0.717) is 23.5 Å². The van der Waals surface area contributed by atoms with E-state index in [1.807, 2.05) is 25.6 Å². The molecule has 0 fully saturated rings. The van der Waals surface area contributed by atoms with E-state index in [1.165, 1.54) is 6.33 Å². The zero-order valence-electron chi connectivity index (χ0n) is 12.9. The number of ether oxygens (including phenoxy) is 1. The van der Waals surface area contributed by atoms with Crippen LogP contribution < -0.4 is 0 Å². The second-order valence-corrected chi connectivity index (χ2v) is 10.3. The van der Waals surface area contributed by atoms with Crippen molar-refractivity contribution in [2.24, 2.45) is 4.99 Å². The molecule has 0 spiro atoms. The lowest BCUT2D eigenvalue weighted by atomic mass is 10.4. The lowest BCUT2D eigenvalue weighted by molar-refractivity contribution is 0.0884. The number of hydrogen-bond acceptors (Lipinski definition) is 6. The summed E-state index contributed by atoms with van der Waals surface area (Å²) in [6.45, 7) is 2.28. The Balaban J connectivity index is 2.16. The van der Waals surface area contributed by atoms with Gasteiger partial charge in [0.15, 0.2) is 17.0 Å². The molecule has 0 N–H and O–H groups in total. The smallest absolute Gasteiger partial charge is 0.277 e. The fraction of sp³-hybridized carbons (Fsp3) is 0.500. The first-order chi connectivity index (χ1) is 10.8. The van der Waals surface area contributed by atoms with Crippen LogP contribution in [0.2, 0.25) is 0 Å². The number of nitrogens with zero attached hydrogens (tertiary/aromatic N) is 6. The zero-order valence-corrected chi connectivity index (χ0v) is 15.3. The third-order valence-electron chi connectivity index (χ3n) is 2.76. The minimum Gasteiger partial charge on any atom is -0.369 e. The quantitative estimate of drug-likeness (QED) is 0.418. The van der Waals surface area contributed by atoms with Crippen molar-refractivity contribution in [2.45, 2.75) is 19.6 Å². The summed E-state index contributed by atoms with van der Waals surface area (Å²) in [7, 11) is 3.73. The van der Waals surface area contributed by atoms with Crippen LogP contribution in [0.15, 0.2) is 17.6 Å². The SMILES string of the molecule is C[C@H](Cn1cnc2c(/N=C/N(C)C)ncnc21)OCP(=O)(Cl)Cl. The molecule has 0 bridgehead atoms. The molecular formula is C12H17Cl2N6O2P. The number of aliphatic imine (C=N–C) groups is 1. The molecule has 1 atom stereocenters. The van der Waals surface area contributed by atoms with E-state index in [9.17, 15) is 4.57 Å². The molecule has 0 aliphatic heterocycles. The second kappa shape index (κ2) is 7.57. The third-order valence-corrected chi connectivity index (χ3v) is 3.79. The average Bonchev–Trinajstić information content (AvgIpc) is 2.86. The average molecular weight is 379 g/mol. The largest absolute Gasteiger partial charge is 0.369 e. The van der Waals surface area contributed by atoms with E-state index < -0.39 is 5.85 Å². The highest BCUT2D eigenvalue weighted by molar-refractivity contribution is 8.08. The molecule has 2 aromatic heterocycles. The summed E-state index contributed by atoms with van der Waals surface area (Å²) in [5.41, 5.74) is 1.24. The van der Waals surface area contributed by atoms with Crippen LogP contribution in [0.1, 0.15) is 6.92 Å². The Kier molecular flexibility index (Phi) is 5.97. The Morgan fingerprint density at radius 1 is 1.43 bits per heavy atom. The Morgan fingerprint density at radius 2 is 2.17 bits per heavy atom. The van der Waals surface area contributed by atoms with Gasteiger partial charge in [0.1, 0.15) is 12.7 Å². The predicted octanol–water partition coefficient (Wildman–Crippen LogP) is 3.08. The van der Waals surface area contributed by atoms with Crippen molar-refractivity contribution in [3.8, 4) is 0 Å². The van der Waals surface area contributed by atoms with E-state index in [0.717, 1.165) is 0 Å². The molecule has 0 aromatic carbocycles. The predicted molar refractivity (Wildman–Crippen MR) is 91.9 cm³/mol. The number of halogens is 2. The summed E-state index contributed by atoms with van der Waals surface area (Å²) in [6.07, 6.45) is 4.25. The molecule has 0 aliphatic carbocycles. The molecule has 23 heavy (non-hydrogen) atoms. The van der Waals surface area contributed by atoms with Crippen molar-refractivity contribution in [1.82, 2.24) is 24.4 Å². The van der Waals surface area contributed by atoms with Gasteiger partial charge in [-0.3, -0.25) is 4.57 Å². The normalized spacial score (nSPS) is 13.8. The van der Waals surface area contributed by atoms with Crippen LogP contribution in [-0.4, -0.2) is 57.3 Å². The van der Waals surface area contributed by atoms with Crippen molar-refractivity contribution in [2.75, 3.05) is 20.4 Å². The number of rotatable bonds is 7. The molecule has 0 unspecified atom stereocenters. The first-order valence-corrected chi connectivity index (χ1v) is 10.4. The molecule has 0 aliphatic rings. The van der Waals surface area contributed by atoms with Crippen LogP contribution in [0.4, 0.5) is 5.82 Å². The summed E-state index contributed by atoms with van der Waals surface area (Å²) in [4.78, 5) is 18.7. The summed E-state index contributed by atoms with van der Waals surface area (Å²) in [6, 6.07) is 0. The number of fused-ring (bicyclic) bond motifs is 1. The minimum atomic E-state index is -3.24. The molecule has 8 nitrogen and oxygen atoms in total. The van der Waals surface area contributed by atoms with Gasteiger partial charge in [0, 0.05) is 14.1 Å². The number of aromatic nitrogens is 4. The summed E-state index contributed by atoms with van der Waals surface area (Å²) in [5, 5.41) is 0. The van der Waals surface area contributed by atoms with Crippen LogP contribution in [-0.2, 0) is 15.8 Å². The van der Waals surface area contributed by atoms with Crippen molar-refractivity contribution in [3.63, 3.8) is 0 Å². The van der Waals surface area contributed by atoms with Gasteiger partial charge < -0.3 is 14.2 Å². The van der Waals surface area contributed by atoms with Gasteiger partial charge in [0.25, 0.3) is 5.85 Å². The molecule has 2 rings (SSSR count). The zero-order chi connectivity index (χ0) is 17.0. The Labute approximate surface area is 143 Å². The fourth-order valence-corrected chi connectivity index (χ4v) is 2.58. The van der Waals surface area contributed by atoms with Crippen molar-refractivity contribution in [3.05, 3.63) is 12.7 Å². The van der Waals surface area contributed by atoms with Crippen LogP contribution in [0, 0.1) is 0 Å². The highest BCUT2D eigenvalue weighted by Gasteiger charge is 2.17.